The highest BCUT2D eigenvalue weighted by Gasteiger charge is 2.35. The number of nitrogens with one attached hydrogen (secondary N) is 1. The van der Waals surface area contributed by atoms with Crippen LogP contribution in [0.15, 0.2) is 24.3 Å². The fourth-order valence-electron chi connectivity index (χ4n) is 2.99. The lowest BCUT2D eigenvalue weighted by Gasteiger charge is -2.37. The minimum absolute atomic E-state index is 0.0296. The molecule has 0 saturated heterocycles. The molecule has 5 nitrogen and oxygen atoms in total. The Hall–Kier alpha value is -1.92. The van der Waals surface area contributed by atoms with Crippen molar-refractivity contribution in [3.05, 3.63) is 39.0 Å². The summed E-state index contributed by atoms with van der Waals surface area (Å²) in [5.41, 5.74) is 1.84. The molecule has 7 heteroatoms. The number of hydrogen-bond donors (Lipinski definition) is 1. The Morgan fingerprint density at radius 2 is 2.04 bits per heavy atom. The molecule has 3 heterocycles. The van der Waals surface area contributed by atoms with Gasteiger partial charge in [0.2, 0.25) is 6.79 Å². The van der Waals surface area contributed by atoms with Crippen LogP contribution in [0.4, 0.5) is 10.5 Å². The summed E-state index contributed by atoms with van der Waals surface area (Å²) in [5, 5.41) is 3.07. The van der Waals surface area contributed by atoms with Crippen LogP contribution in [0.3, 0.4) is 0 Å². The van der Waals surface area contributed by atoms with Gasteiger partial charge in [0.05, 0.1) is 16.1 Å². The topological polar surface area (TPSA) is 50.8 Å². The number of halogens is 1. The monoisotopic (exact) mass is 350 g/mol. The molecule has 0 spiro atoms. The molecule has 2 aromatic rings. The molecular weight excluding hydrogens is 336 g/mol. The predicted molar refractivity (Wildman–Crippen MR) is 89.9 cm³/mol. The zero-order chi connectivity index (χ0) is 16.1. The van der Waals surface area contributed by atoms with E-state index < -0.39 is 0 Å². The van der Waals surface area contributed by atoms with E-state index in [0.717, 1.165) is 16.1 Å². The molecule has 2 aliphatic heterocycles. The third-order valence-electron chi connectivity index (χ3n) is 3.97. The fraction of sp³-hybridized carbons (Fsp3) is 0.312. The molecule has 0 aliphatic carbocycles. The maximum atomic E-state index is 12.6. The van der Waals surface area contributed by atoms with Gasteiger partial charge in [0, 0.05) is 22.5 Å². The second-order valence-electron chi connectivity index (χ2n) is 5.75. The molecule has 0 fully saturated rings. The van der Waals surface area contributed by atoms with E-state index >= 15 is 0 Å². The van der Waals surface area contributed by atoms with E-state index in [0.29, 0.717) is 15.8 Å². The normalized spacial score (nSPS) is 19.0. The number of thiophene rings is 1. The van der Waals surface area contributed by atoms with Crippen LogP contribution in [0.2, 0.25) is 4.34 Å². The van der Waals surface area contributed by atoms with Gasteiger partial charge in [-0.1, -0.05) is 11.6 Å². The average Bonchev–Trinajstić information content (AvgIpc) is 3.12. The first-order valence-electron chi connectivity index (χ1n) is 7.33. The molecular formula is C16H15ClN2O3S. The van der Waals surface area contributed by atoms with E-state index in [1.54, 1.807) is 4.90 Å². The van der Waals surface area contributed by atoms with Gasteiger partial charge in [-0.25, -0.2) is 4.79 Å². The Morgan fingerprint density at radius 1 is 1.30 bits per heavy atom. The number of carbonyl (C=O) groups excluding carboxylic acids is 1. The molecule has 1 unspecified atom stereocenters. The third kappa shape index (κ3) is 2.33. The van der Waals surface area contributed by atoms with Crippen molar-refractivity contribution in [1.82, 2.24) is 5.32 Å². The first-order valence-corrected chi connectivity index (χ1v) is 8.52. The Bertz CT molecular complexity index is 790. The van der Waals surface area contributed by atoms with Crippen LogP contribution in [0.25, 0.3) is 0 Å². The molecule has 2 amide bonds. The lowest BCUT2D eigenvalue weighted by molar-refractivity contribution is 0.174. The average molecular weight is 351 g/mol. The highest BCUT2D eigenvalue weighted by molar-refractivity contribution is 7.16. The summed E-state index contributed by atoms with van der Waals surface area (Å²) in [4.78, 5) is 15.3. The minimum atomic E-state index is -0.237. The molecule has 1 N–H and O–H groups in total. The SMILES string of the molecule is CC(C)N1C(=O)NC(c2ccc(Cl)s2)c2cc3c(cc21)OCO3. The molecule has 120 valence electrons. The number of urea groups is 1. The third-order valence-corrected chi connectivity index (χ3v) is 5.27. The Kier molecular flexibility index (Phi) is 3.39. The highest BCUT2D eigenvalue weighted by Crippen LogP contribution is 2.45. The molecule has 1 atom stereocenters. The zero-order valence-electron chi connectivity index (χ0n) is 12.6. The lowest BCUT2D eigenvalue weighted by atomic mass is 9.98. The summed E-state index contributed by atoms with van der Waals surface area (Å²) >= 11 is 7.53. The van der Waals surface area contributed by atoms with E-state index in [-0.39, 0.29) is 24.9 Å². The maximum absolute atomic E-state index is 12.6. The van der Waals surface area contributed by atoms with Crippen molar-refractivity contribution in [3.63, 3.8) is 0 Å². The van der Waals surface area contributed by atoms with Gasteiger partial charge in [-0.15, -0.1) is 11.3 Å². The van der Waals surface area contributed by atoms with E-state index in [1.165, 1.54) is 11.3 Å². The standard InChI is InChI=1S/C16H15ClN2O3S/c1-8(2)19-10-6-12-11(21-7-22-12)5-9(10)15(18-16(19)20)13-3-4-14(17)23-13/h3-6,8,15H,7H2,1-2H3,(H,18,20). The van der Waals surface area contributed by atoms with Gasteiger partial charge in [0.15, 0.2) is 11.5 Å². The smallest absolute Gasteiger partial charge is 0.322 e. The quantitative estimate of drug-likeness (QED) is 0.884. The van der Waals surface area contributed by atoms with Crippen LogP contribution >= 0.6 is 22.9 Å². The summed E-state index contributed by atoms with van der Waals surface area (Å²) in [7, 11) is 0. The fourth-order valence-corrected chi connectivity index (χ4v) is 4.12. The number of rotatable bonds is 2. The molecule has 2 aliphatic rings. The summed E-state index contributed by atoms with van der Waals surface area (Å²) in [5.74, 6) is 1.38. The van der Waals surface area contributed by atoms with E-state index in [4.69, 9.17) is 21.1 Å². The van der Waals surface area contributed by atoms with Gasteiger partial charge in [-0.3, -0.25) is 4.90 Å². The lowest BCUT2D eigenvalue weighted by Crippen LogP contribution is -2.49. The van der Waals surface area contributed by atoms with Gasteiger partial charge in [0.1, 0.15) is 0 Å². The van der Waals surface area contributed by atoms with E-state index in [2.05, 4.69) is 5.32 Å². The Morgan fingerprint density at radius 3 is 2.70 bits per heavy atom. The van der Waals surface area contributed by atoms with Gasteiger partial charge in [-0.05, 0) is 32.0 Å². The first kappa shape index (κ1) is 14.7. The number of anilines is 1. The summed E-state index contributed by atoms with van der Waals surface area (Å²) < 4.78 is 11.7. The number of fused-ring (bicyclic) bond motifs is 2. The number of benzene rings is 1. The second kappa shape index (κ2) is 5.32. The van der Waals surface area contributed by atoms with E-state index in [9.17, 15) is 4.79 Å². The number of nitrogens with zero attached hydrogens (tertiary/aromatic N) is 1. The van der Waals surface area contributed by atoms with Crippen LogP contribution in [0, 0.1) is 0 Å². The number of ether oxygens (including phenoxy) is 2. The number of carbonyl (C=O) groups is 1. The van der Waals surface area contributed by atoms with Gasteiger partial charge in [-0.2, -0.15) is 0 Å². The van der Waals surface area contributed by atoms with Crippen LogP contribution in [0.1, 0.15) is 30.3 Å². The van der Waals surface area contributed by atoms with Gasteiger partial charge >= 0.3 is 6.03 Å². The zero-order valence-corrected chi connectivity index (χ0v) is 14.2. The van der Waals surface area contributed by atoms with Crippen LogP contribution in [-0.2, 0) is 0 Å². The van der Waals surface area contributed by atoms with Gasteiger partial charge in [0.25, 0.3) is 0 Å². The molecule has 4 rings (SSSR count). The van der Waals surface area contributed by atoms with Crippen molar-refractivity contribution < 1.29 is 14.3 Å². The highest BCUT2D eigenvalue weighted by atomic mass is 35.5. The van der Waals surface area contributed by atoms with Crippen molar-refractivity contribution in [2.45, 2.75) is 25.9 Å². The molecule has 1 aromatic carbocycles. The van der Waals surface area contributed by atoms with Crippen molar-refractivity contribution >= 4 is 34.7 Å². The molecule has 23 heavy (non-hydrogen) atoms. The summed E-state index contributed by atoms with van der Waals surface area (Å²) in [6.07, 6.45) is 0. The molecule has 0 saturated carbocycles. The molecule has 0 bridgehead atoms. The van der Waals surface area contributed by atoms with Crippen LogP contribution < -0.4 is 19.7 Å². The summed E-state index contributed by atoms with van der Waals surface area (Å²) in [6.45, 7) is 4.17. The maximum Gasteiger partial charge on any atom is 0.322 e. The van der Waals surface area contributed by atoms with Crippen molar-refractivity contribution in [3.8, 4) is 11.5 Å². The van der Waals surface area contributed by atoms with Crippen LogP contribution in [-0.4, -0.2) is 18.9 Å². The van der Waals surface area contributed by atoms with Crippen molar-refractivity contribution in [2.24, 2.45) is 0 Å². The summed E-state index contributed by atoms with van der Waals surface area (Å²) in [6, 6.07) is 7.29. The van der Waals surface area contributed by atoms with Crippen molar-refractivity contribution in [1.29, 1.82) is 0 Å². The number of hydrogen-bond acceptors (Lipinski definition) is 4. The Labute approximate surface area is 142 Å². The van der Waals surface area contributed by atoms with E-state index in [1.807, 2.05) is 38.1 Å². The predicted octanol–water partition coefficient (Wildman–Crippen LogP) is 4.16. The minimum Gasteiger partial charge on any atom is -0.454 e. The van der Waals surface area contributed by atoms with Gasteiger partial charge < -0.3 is 14.8 Å². The Balaban J connectivity index is 1.89. The molecule has 1 aromatic heterocycles. The van der Waals surface area contributed by atoms with Crippen LogP contribution in [0.5, 0.6) is 11.5 Å². The first-order chi connectivity index (χ1) is 11.0. The number of amides is 2. The van der Waals surface area contributed by atoms with Crippen molar-refractivity contribution in [2.75, 3.05) is 11.7 Å². The second-order valence-corrected chi connectivity index (χ2v) is 7.50. The largest absolute Gasteiger partial charge is 0.454 e. The molecule has 0 radical (unpaired) electrons.